The van der Waals surface area contributed by atoms with Crippen molar-refractivity contribution in [3.05, 3.63) is 45.8 Å². The van der Waals surface area contributed by atoms with Crippen molar-refractivity contribution in [2.24, 2.45) is 5.11 Å². The smallest absolute Gasteiger partial charge is 0.410 e. The molecule has 0 aliphatic carbocycles. The van der Waals surface area contributed by atoms with Gasteiger partial charge in [0.2, 0.25) is 0 Å². The summed E-state index contributed by atoms with van der Waals surface area (Å²) in [4.78, 5) is 17.6. The van der Waals surface area contributed by atoms with E-state index in [4.69, 9.17) is 14.7 Å². The molecule has 1 aromatic rings. The highest BCUT2D eigenvalue weighted by Gasteiger charge is 2.44. The van der Waals surface area contributed by atoms with Gasteiger partial charge < -0.3 is 14.1 Å². The van der Waals surface area contributed by atoms with E-state index in [2.05, 4.69) is 43.9 Å². The Labute approximate surface area is 187 Å². The van der Waals surface area contributed by atoms with Gasteiger partial charge in [-0.25, -0.2) is 4.79 Å². The van der Waals surface area contributed by atoms with Crippen LogP contribution >= 0.6 is 0 Å². The van der Waals surface area contributed by atoms with Crippen LogP contribution in [-0.4, -0.2) is 43.6 Å². The SMILES string of the molecule is CC(C)(C)OC(=O)N1C[C@H](O[Si](C)(C)C(C)(C)C)C[C@H]1Cc1ccc(CN=[N+]=[N-])cc1. The Morgan fingerprint density at radius 3 is 2.26 bits per heavy atom. The van der Waals surface area contributed by atoms with Gasteiger partial charge in [-0.3, -0.25) is 0 Å². The van der Waals surface area contributed by atoms with Crippen LogP contribution in [0.3, 0.4) is 0 Å². The summed E-state index contributed by atoms with van der Waals surface area (Å²) in [5, 5.41) is 3.72. The molecule has 1 aromatic carbocycles. The van der Waals surface area contributed by atoms with Crippen LogP contribution in [0.5, 0.6) is 0 Å². The Bertz CT molecular complexity index is 806. The molecule has 0 bridgehead atoms. The van der Waals surface area contributed by atoms with Gasteiger partial charge in [-0.1, -0.05) is 50.2 Å². The van der Waals surface area contributed by atoms with E-state index in [-0.39, 0.29) is 23.3 Å². The summed E-state index contributed by atoms with van der Waals surface area (Å²) in [6.07, 6.45) is 1.27. The first-order valence-electron chi connectivity index (χ1n) is 11.0. The summed E-state index contributed by atoms with van der Waals surface area (Å²) in [7, 11) is -1.94. The van der Waals surface area contributed by atoms with Crippen LogP contribution in [0.2, 0.25) is 18.1 Å². The Balaban J connectivity index is 2.17. The Kier molecular flexibility index (Phi) is 7.84. The maximum Gasteiger partial charge on any atom is 0.410 e. The fraction of sp³-hybridized carbons (Fsp3) is 0.696. The number of carbonyl (C=O) groups is 1. The minimum atomic E-state index is -1.94. The van der Waals surface area contributed by atoms with Crippen LogP contribution in [0.15, 0.2) is 29.4 Å². The van der Waals surface area contributed by atoms with E-state index in [9.17, 15) is 4.79 Å². The maximum absolute atomic E-state index is 13.0. The zero-order valence-electron chi connectivity index (χ0n) is 20.3. The van der Waals surface area contributed by atoms with Crippen molar-refractivity contribution in [1.82, 2.24) is 4.90 Å². The number of carbonyl (C=O) groups excluding carboxylic acids is 1. The molecular weight excluding hydrogens is 408 g/mol. The van der Waals surface area contributed by atoms with Crippen LogP contribution in [0.4, 0.5) is 4.79 Å². The number of amides is 1. The average molecular weight is 447 g/mol. The van der Waals surface area contributed by atoms with Crippen molar-refractivity contribution in [2.45, 2.75) is 96.8 Å². The van der Waals surface area contributed by atoms with E-state index in [0.29, 0.717) is 13.1 Å². The van der Waals surface area contributed by atoms with Gasteiger partial charge in [-0.15, -0.1) is 0 Å². The number of hydrogen-bond donors (Lipinski definition) is 0. The van der Waals surface area contributed by atoms with E-state index in [0.717, 1.165) is 24.0 Å². The first-order chi connectivity index (χ1) is 14.2. The second kappa shape index (κ2) is 9.63. The predicted molar refractivity (Wildman–Crippen MR) is 126 cm³/mol. The van der Waals surface area contributed by atoms with E-state index in [1.165, 1.54) is 0 Å². The normalized spacial score (nSPS) is 19.8. The highest BCUT2D eigenvalue weighted by molar-refractivity contribution is 6.74. The van der Waals surface area contributed by atoms with Crippen molar-refractivity contribution >= 4 is 14.4 Å². The molecule has 31 heavy (non-hydrogen) atoms. The van der Waals surface area contributed by atoms with Crippen molar-refractivity contribution in [3.63, 3.8) is 0 Å². The molecule has 0 N–H and O–H groups in total. The molecule has 1 heterocycles. The van der Waals surface area contributed by atoms with Gasteiger partial charge in [0.05, 0.1) is 12.6 Å². The highest BCUT2D eigenvalue weighted by Crippen LogP contribution is 2.39. The van der Waals surface area contributed by atoms with Crippen LogP contribution in [-0.2, 0) is 22.1 Å². The molecule has 0 unspecified atom stereocenters. The molecule has 0 saturated carbocycles. The minimum absolute atomic E-state index is 0.0163. The standard InChI is InChI=1S/C23H38N4O3Si/c1-22(2,3)29-21(28)27-16-20(30-31(7,8)23(4,5)6)14-19(27)13-17-9-11-18(12-10-17)15-25-26-24/h9-12,19-20H,13-16H2,1-8H3/t19-,20-/m1/s1. The van der Waals surface area contributed by atoms with E-state index >= 15 is 0 Å². The summed E-state index contributed by atoms with van der Waals surface area (Å²) in [6, 6.07) is 8.04. The molecule has 2 rings (SSSR count). The third-order valence-electron chi connectivity index (χ3n) is 6.08. The topological polar surface area (TPSA) is 87.5 Å². The van der Waals surface area contributed by atoms with Gasteiger partial charge >= 0.3 is 6.09 Å². The average Bonchev–Trinajstić information content (AvgIpc) is 3.00. The summed E-state index contributed by atoms with van der Waals surface area (Å²) in [5.41, 5.74) is 10.1. The minimum Gasteiger partial charge on any atom is -0.444 e. The molecular formula is C23H38N4O3Si. The van der Waals surface area contributed by atoms with Gasteiger partial charge in [-0.2, -0.15) is 0 Å². The first kappa shape index (κ1) is 25.2. The quantitative estimate of drug-likeness (QED) is 0.218. The molecule has 0 spiro atoms. The lowest BCUT2D eigenvalue weighted by atomic mass is 10.0. The van der Waals surface area contributed by atoms with Crippen molar-refractivity contribution in [2.75, 3.05) is 6.54 Å². The number of ether oxygens (including phenoxy) is 1. The summed E-state index contributed by atoms with van der Waals surface area (Å²) >= 11 is 0. The molecule has 0 aromatic heterocycles. The molecule has 0 radical (unpaired) electrons. The van der Waals surface area contributed by atoms with Gasteiger partial charge in [0.1, 0.15) is 5.60 Å². The van der Waals surface area contributed by atoms with E-state index < -0.39 is 13.9 Å². The Hall–Kier alpha value is -2.02. The van der Waals surface area contributed by atoms with E-state index in [1.54, 1.807) is 0 Å². The van der Waals surface area contributed by atoms with E-state index in [1.807, 2.05) is 49.9 Å². The second-order valence-corrected chi connectivity index (χ2v) is 15.7. The summed E-state index contributed by atoms with van der Waals surface area (Å²) < 4.78 is 12.3. The molecule has 172 valence electrons. The van der Waals surface area contributed by atoms with Gasteiger partial charge in [0, 0.05) is 17.5 Å². The molecule has 1 aliphatic heterocycles. The lowest BCUT2D eigenvalue weighted by Crippen LogP contribution is -2.45. The number of azide groups is 1. The van der Waals surface area contributed by atoms with Crippen molar-refractivity contribution < 1.29 is 14.0 Å². The fourth-order valence-electron chi connectivity index (χ4n) is 3.46. The summed E-state index contributed by atoms with van der Waals surface area (Å²) in [6.45, 7) is 17.8. The van der Waals surface area contributed by atoms with Gasteiger partial charge in [0.15, 0.2) is 8.32 Å². The lowest BCUT2D eigenvalue weighted by Gasteiger charge is -2.38. The molecule has 2 atom stereocenters. The lowest BCUT2D eigenvalue weighted by molar-refractivity contribution is 0.0211. The van der Waals surface area contributed by atoms with Gasteiger partial charge in [0.25, 0.3) is 0 Å². The monoisotopic (exact) mass is 446 g/mol. The number of likely N-dealkylation sites (tertiary alicyclic amines) is 1. The van der Waals surface area contributed by atoms with Crippen LogP contribution < -0.4 is 0 Å². The predicted octanol–water partition coefficient (Wildman–Crippen LogP) is 6.44. The molecule has 1 amide bonds. The third-order valence-corrected chi connectivity index (χ3v) is 10.6. The van der Waals surface area contributed by atoms with Crippen molar-refractivity contribution in [1.29, 1.82) is 0 Å². The molecule has 1 aliphatic rings. The fourth-order valence-corrected chi connectivity index (χ4v) is 4.81. The zero-order valence-corrected chi connectivity index (χ0v) is 21.3. The van der Waals surface area contributed by atoms with Crippen LogP contribution in [0, 0.1) is 0 Å². The summed E-state index contributed by atoms with van der Waals surface area (Å²) in [5.74, 6) is 0. The molecule has 1 saturated heterocycles. The van der Waals surface area contributed by atoms with Crippen LogP contribution in [0.1, 0.15) is 59.1 Å². The number of rotatable bonds is 6. The number of benzene rings is 1. The second-order valence-electron chi connectivity index (χ2n) is 10.9. The van der Waals surface area contributed by atoms with Crippen LogP contribution in [0.25, 0.3) is 10.4 Å². The number of nitrogens with zero attached hydrogens (tertiary/aromatic N) is 4. The largest absolute Gasteiger partial charge is 0.444 e. The third kappa shape index (κ3) is 7.26. The van der Waals surface area contributed by atoms with Crippen molar-refractivity contribution in [3.8, 4) is 0 Å². The maximum atomic E-state index is 13.0. The number of hydrogen-bond acceptors (Lipinski definition) is 4. The zero-order chi connectivity index (χ0) is 23.4. The Morgan fingerprint density at radius 2 is 1.74 bits per heavy atom. The molecule has 7 nitrogen and oxygen atoms in total. The molecule has 8 heteroatoms. The highest BCUT2D eigenvalue weighted by atomic mass is 28.4. The van der Waals surface area contributed by atoms with Gasteiger partial charge in [-0.05, 0) is 68.4 Å². The Morgan fingerprint density at radius 1 is 1.16 bits per heavy atom. The molecule has 1 fully saturated rings. The first-order valence-corrected chi connectivity index (χ1v) is 13.9.